The molecule has 3 rings (SSSR count). The molecule has 34 heavy (non-hydrogen) atoms. The molecule has 0 aromatic heterocycles. The van der Waals surface area contributed by atoms with Crippen molar-refractivity contribution in [1.82, 2.24) is 20.4 Å². The lowest BCUT2D eigenvalue weighted by Crippen LogP contribution is -2.47. The summed E-state index contributed by atoms with van der Waals surface area (Å²) in [4.78, 5) is 5.27. The molecule has 0 radical (unpaired) electrons. The van der Waals surface area contributed by atoms with E-state index in [9.17, 15) is 0 Å². The first-order valence-electron chi connectivity index (χ1n) is 13.5. The molecule has 1 aliphatic heterocycles. The quantitative estimate of drug-likeness (QED) is 0.376. The van der Waals surface area contributed by atoms with Gasteiger partial charge in [-0.1, -0.05) is 76.2 Å². The molecule has 1 aliphatic rings. The minimum Gasteiger partial charge on any atom is -0.313 e. The Hall–Kier alpha value is -1.72. The van der Waals surface area contributed by atoms with Crippen molar-refractivity contribution in [1.29, 1.82) is 0 Å². The van der Waals surface area contributed by atoms with Crippen LogP contribution in [0.4, 0.5) is 0 Å². The maximum Gasteiger partial charge on any atom is 0.0205 e. The van der Waals surface area contributed by atoms with Gasteiger partial charge in [0.15, 0.2) is 0 Å². The molecule has 0 aliphatic carbocycles. The van der Waals surface area contributed by atoms with Crippen LogP contribution in [0.25, 0.3) is 0 Å². The van der Waals surface area contributed by atoms with E-state index in [0.717, 1.165) is 26.2 Å². The fraction of sp³-hybridized carbons (Fsp3) is 0.600. The number of piperazine rings is 1. The lowest BCUT2D eigenvalue weighted by molar-refractivity contribution is 0.130. The van der Waals surface area contributed by atoms with Crippen LogP contribution >= 0.6 is 0 Å². The SMILES string of the molecule is CC(C)c1ccc(CNCCCN2CCN(CCCNCc3ccc(C(C)C)cc3)CC2)cc1. The van der Waals surface area contributed by atoms with Crippen molar-refractivity contribution in [3.8, 4) is 0 Å². The van der Waals surface area contributed by atoms with Crippen molar-refractivity contribution in [2.24, 2.45) is 0 Å². The zero-order valence-electron chi connectivity index (χ0n) is 22.2. The third-order valence-electron chi connectivity index (χ3n) is 7.07. The van der Waals surface area contributed by atoms with Crippen LogP contribution in [-0.4, -0.2) is 62.2 Å². The standard InChI is InChI=1S/C30H48N4/c1-25(2)29-11-7-27(8-12-29)23-31-15-5-17-33-19-21-34(22-20-33)18-6-16-32-24-28-9-13-30(14-10-28)26(3)4/h7-14,25-26,31-32H,5-6,15-24H2,1-4H3. The van der Waals surface area contributed by atoms with E-state index in [2.05, 4.69) is 96.7 Å². The van der Waals surface area contributed by atoms with Crippen LogP contribution in [0, 0.1) is 0 Å². The Morgan fingerprint density at radius 2 is 0.941 bits per heavy atom. The van der Waals surface area contributed by atoms with E-state index in [1.807, 2.05) is 0 Å². The highest BCUT2D eigenvalue weighted by Crippen LogP contribution is 2.15. The average Bonchev–Trinajstić information content (AvgIpc) is 2.85. The lowest BCUT2D eigenvalue weighted by atomic mass is 10.0. The first kappa shape index (κ1) is 26.9. The Morgan fingerprint density at radius 1 is 0.588 bits per heavy atom. The summed E-state index contributed by atoms with van der Waals surface area (Å²) < 4.78 is 0. The van der Waals surface area contributed by atoms with Gasteiger partial charge in [0.2, 0.25) is 0 Å². The largest absolute Gasteiger partial charge is 0.313 e. The molecule has 0 unspecified atom stereocenters. The Morgan fingerprint density at radius 3 is 1.26 bits per heavy atom. The van der Waals surface area contributed by atoms with Crippen molar-refractivity contribution < 1.29 is 0 Å². The predicted octanol–water partition coefficient (Wildman–Crippen LogP) is 5.21. The van der Waals surface area contributed by atoms with E-state index in [1.54, 1.807) is 0 Å². The van der Waals surface area contributed by atoms with E-state index in [0.29, 0.717) is 11.8 Å². The number of nitrogens with zero attached hydrogens (tertiary/aromatic N) is 2. The van der Waals surface area contributed by atoms with Crippen LogP contribution in [-0.2, 0) is 13.1 Å². The summed E-state index contributed by atoms with van der Waals surface area (Å²) in [6.07, 6.45) is 2.46. The van der Waals surface area contributed by atoms with Gasteiger partial charge < -0.3 is 20.4 Å². The van der Waals surface area contributed by atoms with Gasteiger partial charge in [0.25, 0.3) is 0 Å². The maximum atomic E-state index is 3.61. The third kappa shape index (κ3) is 9.50. The molecule has 0 saturated carbocycles. The molecule has 0 atom stereocenters. The number of hydrogen-bond donors (Lipinski definition) is 2. The average molecular weight is 465 g/mol. The van der Waals surface area contributed by atoms with Crippen molar-refractivity contribution in [2.45, 2.75) is 65.5 Å². The van der Waals surface area contributed by atoms with Gasteiger partial charge in [0, 0.05) is 39.3 Å². The maximum absolute atomic E-state index is 3.61. The van der Waals surface area contributed by atoms with Crippen LogP contribution in [0.1, 0.15) is 74.6 Å². The molecule has 0 spiro atoms. The fourth-order valence-corrected chi connectivity index (χ4v) is 4.60. The highest BCUT2D eigenvalue weighted by Gasteiger charge is 2.15. The summed E-state index contributed by atoms with van der Waals surface area (Å²) in [6, 6.07) is 18.1. The molecular weight excluding hydrogens is 416 g/mol. The Balaban J connectivity index is 1.17. The van der Waals surface area contributed by atoms with E-state index in [4.69, 9.17) is 0 Å². The van der Waals surface area contributed by atoms with Gasteiger partial charge >= 0.3 is 0 Å². The molecule has 2 aromatic rings. The molecular formula is C30H48N4. The number of nitrogens with one attached hydrogen (secondary N) is 2. The van der Waals surface area contributed by atoms with E-state index in [1.165, 1.54) is 74.4 Å². The molecule has 1 heterocycles. The van der Waals surface area contributed by atoms with Crippen molar-refractivity contribution in [3.63, 3.8) is 0 Å². The summed E-state index contributed by atoms with van der Waals surface area (Å²) in [6.45, 7) is 20.4. The summed E-state index contributed by atoms with van der Waals surface area (Å²) in [7, 11) is 0. The van der Waals surface area contributed by atoms with Crippen LogP contribution in [0.5, 0.6) is 0 Å². The Labute approximate surface area is 209 Å². The van der Waals surface area contributed by atoms with E-state index >= 15 is 0 Å². The number of rotatable bonds is 14. The first-order chi connectivity index (χ1) is 16.5. The van der Waals surface area contributed by atoms with Gasteiger partial charge in [-0.25, -0.2) is 0 Å². The Bertz CT molecular complexity index is 720. The van der Waals surface area contributed by atoms with Gasteiger partial charge in [0.1, 0.15) is 0 Å². The van der Waals surface area contributed by atoms with Crippen LogP contribution < -0.4 is 10.6 Å². The van der Waals surface area contributed by atoms with Crippen LogP contribution in [0.2, 0.25) is 0 Å². The third-order valence-corrected chi connectivity index (χ3v) is 7.07. The van der Waals surface area contributed by atoms with Gasteiger partial charge in [-0.05, 0) is 73.1 Å². The van der Waals surface area contributed by atoms with E-state index < -0.39 is 0 Å². The lowest BCUT2D eigenvalue weighted by Gasteiger charge is -2.34. The minimum atomic E-state index is 0.608. The molecule has 1 saturated heterocycles. The van der Waals surface area contributed by atoms with Crippen molar-refractivity contribution in [2.75, 3.05) is 52.4 Å². The van der Waals surface area contributed by atoms with Gasteiger partial charge in [-0.2, -0.15) is 0 Å². The van der Waals surface area contributed by atoms with Crippen molar-refractivity contribution in [3.05, 3.63) is 70.8 Å². The summed E-state index contributed by atoms with van der Waals surface area (Å²) in [5.41, 5.74) is 5.62. The van der Waals surface area contributed by atoms with E-state index in [-0.39, 0.29) is 0 Å². The van der Waals surface area contributed by atoms with Gasteiger partial charge in [-0.15, -0.1) is 0 Å². The zero-order chi connectivity index (χ0) is 24.2. The number of hydrogen-bond acceptors (Lipinski definition) is 4. The molecule has 2 N–H and O–H groups in total. The fourth-order valence-electron chi connectivity index (χ4n) is 4.60. The molecule has 0 bridgehead atoms. The van der Waals surface area contributed by atoms with Crippen LogP contribution in [0.3, 0.4) is 0 Å². The second kappa shape index (κ2) is 14.6. The Kier molecular flexibility index (Phi) is 11.6. The summed E-state index contributed by atoms with van der Waals surface area (Å²) >= 11 is 0. The first-order valence-corrected chi connectivity index (χ1v) is 13.5. The second-order valence-corrected chi connectivity index (χ2v) is 10.5. The number of benzene rings is 2. The topological polar surface area (TPSA) is 30.5 Å². The summed E-state index contributed by atoms with van der Waals surface area (Å²) in [5, 5.41) is 7.23. The monoisotopic (exact) mass is 464 g/mol. The second-order valence-electron chi connectivity index (χ2n) is 10.5. The molecule has 2 aromatic carbocycles. The molecule has 188 valence electrons. The minimum absolute atomic E-state index is 0.608. The predicted molar refractivity (Wildman–Crippen MR) is 147 cm³/mol. The van der Waals surface area contributed by atoms with Gasteiger partial charge in [-0.3, -0.25) is 0 Å². The van der Waals surface area contributed by atoms with Crippen LogP contribution in [0.15, 0.2) is 48.5 Å². The molecule has 4 heteroatoms. The molecule has 1 fully saturated rings. The molecule has 0 amide bonds. The van der Waals surface area contributed by atoms with Gasteiger partial charge in [0.05, 0.1) is 0 Å². The normalized spacial score (nSPS) is 15.5. The summed E-state index contributed by atoms with van der Waals surface area (Å²) in [5.74, 6) is 1.22. The smallest absolute Gasteiger partial charge is 0.0205 e. The molecule has 4 nitrogen and oxygen atoms in total. The van der Waals surface area contributed by atoms with Crippen molar-refractivity contribution >= 4 is 0 Å². The highest BCUT2D eigenvalue weighted by molar-refractivity contribution is 5.25. The highest BCUT2D eigenvalue weighted by atomic mass is 15.3. The zero-order valence-corrected chi connectivity index (χ0v) is 22.2.